The minimum absolute atomic E-state index is 0.115. The lowest BCUT2D eigenvalue weighted by Crippen LogP contribution is -2.31. The largest absolute Gasteiger partial charge is 0.425 e. The number of benzene rings is 1. The monoisotopic (exact) mass is 304 g/mol. The summed E-state index contributed by atoms with van der Waals surface area (Å²) in [6, 6.07) is 5.92. The molecule has 22 heavy (non-hydrogen) atoms. The van der Waals surface area contributed by atoms with Gasteiger partial charge in [0.15, 0.2) is 6.10 Å². The van der Waals surface area contributed by atoms with Gasteiger partial charge in [-0.05, 0) is 68.7 Å². The molecule has 1 aliphatic carbocycles. The van der Waals surface area contributed by atoms with E-state index < -0.39 is 6.10 Å². The first-order chi connectivity index (χ1) is 10.7. The zero-order chi connectivity index (χ0) is 15.4. The molecule has 0 N–H and O–H groups in total. The molecule has 0 saturated carbocycles. The first-order valence-electron chi connectivity index (χ1n) is 8.29. The van der Waals surface area contributed by atoms with Crippen molar-refractivity contribution in [3.05, 3.63) is 29.3 Å². The van der Waals surface area contributed by atoms with Crippen LogP contribution >= 0.6 is 0 Å². The number of fused-ring (bicyclic) bond motifs is 1. The van der Waals surface area contributed by atoms with Crippen molar-refractivity contribution in [1.29, 1.82) is 0 Å². The zero-order valence-electron chi connectivity index (χ0n) is 13.2. The first kappa shape index (κ1) is 15.5. The average molecular weight is 304 g/mol. The average Bonchev–Trinajstić information content (AvgIpc) is 3.01. The van der Waals surface area contributed by atoms with Crippen molar-refractivity contribution in [2.75, 3.05) is 13.2 Å². The number of carbonyl (C=O) groups excluding carboxylic acids is 1. The zero-order valence-corrected chi connectivity index (χ0v) is 13.2. The molecule has 0 aromatic heterocycles. The predicted molar refractivity (Wildman–Crippen MR) is 83.1 cm³/mol. The minimum Gasteiger partial charge on any atom is -0.425 e. The highest BCUT2D eigenvalue weighted by atomic mass is 16.6. The van der Waals surface area contributed by atoms with Gasteiger partial charge >= 0.3 is 5.97 Å². The van der Waals surface area contributed by atoms with Crippen molar-refractivity contribution < 1.29 is 19.0 Å². The molecule has 1 fully saturated rings. The molecule has 1 aliphatic heterocycles. The summed E-state index contributed by atoms with van der Waals surface area (Å²) >= 11 is 0. The molecule has 1 aromatic carbocycles. The van der Waals surface area contributed by atoms with Crippen LogP contribution in [0.4, 0.5) is 0 Å². The molecule has 1 heterocycles. The van der Waals surface area contributed by atoms with Gasteiger partial charge < -0.3 is 14.2 Å². The van der Waals surface area contributed by atoms with Gasteiger partial charge in [0.05, 0.1) is 12.7 Å². The number of ether oxygens (including phenoxy) is 3. The number of hydrogen-bond acceptors (Lipinski definition) is 4. The summed E-state index contributed by atoms with van der Waals surface area (Å²) in [5, 5.41) is 0. The van der Waals surface area contributed by atoms with Crippen LogP contribution in [-0.2, 0) is 27.1 Å². The van der Waals surface area contributed by atoms with Crippen molar-refractivity contribution in [3.63, 3.8) is 0 Å². The Hall–Kier alpha value is -1.39. The second kappa shape index (κ2) is 7.25. The Morgan fingerprint density at radius 3 is 2.95 bits per heavy atom. The number of esters is 1. The lowest BCUT2D eigenvalue weighted by molar-refractivity contribution is -0.149. The molecule has 3 rings (SSSR count). The van der Waals surface area contributed by atoms with E-state index in [-0.39, 0.29) is 12.1 Å². The molecule has 0 amide bonds. The van der Waals surface area contributed by atoms with E-state index in [2.05, 4.69) is 6.07 Å². The van der Waals surface area contributed by atoms with Gasteiger partial charge in [0, 0.05) is 6.61 Å². The number of carbonyl (C=O) groups is 1. The van der Waals surface area contributed by atoms with Gasteiger partial charge in [-0.1, -0.05) is 6.07 Å². The van der Waals surface area contributed by atoms with Gasteiger partial charge in [-0.25, -0.2) is 4.79 Å². The van der Waals surface area contributed by atoms with E-state index in [4.69, 9.17) is 14.2 Å². The number of hydrogen-bond donors (Lipinski definition) is 0. The van der Waals surface area contributed by atoms with E-state index in [1.165, 1.54) is 24.0 Å². The van der Waals surface area contributed by atoms with E-state index in [1.807, 2.05) is 12.1 Å². The van der Waals surface area contributed by atoms with E-state index in [0.29, 0.717) is 12.4 Å². The van der Waals surface area contributed by atoms with Crippen LogP contribution in [-0.4, -0.2) is 31.4 Å². The molecule has 1 saturated heterocycles. The van der Waals surface area contributed by atoms with Crippen LogP contribution in [0.3, 0.4) is 0 Å². The second-order valence-electron chi connectivity index (χ2n) is 6.17. The fourth-order valence-electron chi connectivity index (χ4n) is 3.07. The van der Waals surface area contributed by atoms with Crippen LogP contribution in [0.15, 0.2) is 18.2 Å². The van der Waals surface area contributed by atoms with Gasteiger partial charge in [-0.2, -0.15) is 0 Å². The highest BCUT2D eigenvalue weighted by Crippen LogP contribution is 2.26. The number of aryl methyl sites for hydroxylation is 2. The summed E-state index contributed by atoms with van der Waals surface area (Å²) in [5.41, 5.74) is 2.67. The third kappa shape index (κ3) is 3.87. The topological polar surface area (TPSA) is 44.8 Å². The Labute approximate surface area is 131 Å². The maximum atomic E-state index is 12.1. The van der Waals surface area contributed by atoms with E-state index in [9.17, 15) is 4.79 Å². The van der Waals surface area contributed by atoms with Crippen molar-refractivity contribution in [2.45, 2.75) is 57.7 Å². The molecule has 0 spiro atoms. The standard InChI is InChI=1S/C18H24O4/c1-13(21-12-17-7-2-3-10-20-17)18(19)22-16-9-8-14-5-4-6-15(14)11-16/h8-9,11,13,17H,2-7,10,12H2,1H3. The fraction of sp³-hybridized carbons (Fsp3) is 0.611. The first-order valence-corrected chi connectivity index (χ1v) is 8.29. The van der Waals surface area contributed by atoms with Gasteiger partial charge in [0.2, 0.25) is 0 Å². The normalized spacial score (nSPS) is 22.1. The van der Waals surface area contributed by atoms with Crippen molar-refractivity contribution >= 4 is 5.97 Å². The maximum Gasteiger partial charge on any atom is 0.340 e. The van der Waals surface area contributed by atoms with Crippen LogP contribution in [0, 0.1) is 0 Å². The van der Waals surface area contributed by atoms with Gasteiger partial charge in [-0.3, -0.25) is 0 Å². The highest BCUT2D eigenvalue weighted by molar-refractivity contribution is 5.76. The van der Waals surface area contributed by atoms with Gasteiger partial charge in [0.1, 0.15) is 5.75 Å². The summed E-state index contributed by atoms with van der Waals surface area (Å²) in [5.74, 6) is 0.281. The third-order valence-electron chi connectivity index (χ3n) is 4.43. The molecular weight excluding hydrogens is 280 g/mol. The Kier molecular flexibility index (Phi) is 5.11. The Balaban J connectivity index is 1.48. The molecule has 120 valence electrons. The molecule has 2 aliphatic rings. The Morgan fingerprint density at radius 1 is 1.27 bits per heavy atom. The van der Waals surface area contributed by atoms with E-state index >= 15 is 0 Å². The predicted octanol–water partition coefficient (Wildman–Crippen LogP) is 3.05. The molecule has 4 nitrogen and oxygen atoms in total. The molecular formula is C18H24O4. The Bertz CT molecular complexity index is 520. The smallest absolute Gasteiger partial charge is 0.340 e. The van der Waals surface area contributed by atoms with Crippen molar-refractivity contribution in [1.82, 2.24) is 0 Å². The SMILES string of the molecule is CC(OCC1CCCCO1)C(=O)Oc1ccc2c(c1)CCC2. The molecule has 4 heteroatoms. The molecule has 0 bridgehead atoms. The van der Waals surface area contributed by atoms with Crippen LogP contribution in [0.1, 0.15) is 43.7 Å². The quantitative estimate of drug-likeness (QED) is 0.619. The molecule has 2 unspecified atom stereocenters. The maximum absolute atomic E-state index is 12.1. The third-order valence-corrected chi connectivity index (χ3v) is 4.43. The van der Waals surface area contributed by atoms with E-state index in [0.717, 1.165) is 32.3 Å². The lowest BCUT2D eigenvalue weighted by Gasteiger charge is -2.23. The summed E-state index contributed by atoms with van der Waals surface area (Å²) in [6.45, 7) is 2.99. The summed E-state index contributed by atoms with van der Waals surface area (Å²) in [7, 11) is 0. The molecule has 0 radical (unpaired) electrons. The van der Waals surface area contributed by atoms with E-state index in [1.54, 1.807) is 6.92 Å². The molecule has 1 aromatic rings. The summed E-state index contributed by atoms with van der Waals surface area (Å²) in [6.07, 6.45) is 6.23. The van der Waals surface area contributed by atoms with Crippen molar-refractivity contribution in [3.8, 4) is 5.75 Å². The number of rotatable bonds is 5. The molecule has 2 atom stereocenters. The summed E-state index contributed by atoms with van der Waals surface area (Å²) in [4.78, 5) is 12.1. The lowest BCUT2D eigenvalue weighted by atomic mass is 10.1. The second-order valence-corrected chi connectivity index (χ2v) is 6.17. The van der Waals surface area contributed by atoms with Crippen LogP contribution in [0.5, 0.6) is 5.75 Å². The van der Waals surface area contributed by atoms with Gasteiger partial charge in [-0.15, -0.1) is 0 Å². The van der Waals surface area contributed by atoms with Gasteiger partial charge in [0.25, 0.3) is 0 Å². The van der Waals surface area contributed by atoms with Crippen LogP contribution in [0.2, 0.25) is 0 Å². The van der Waals surface area contributed by atoms with Crippen LogP contribution in [0.25, 0.3) is 0 Å². The van der Waals surface area contributed by atoms with Crippen molar-refractivity contribution in [2.24, 2.45) is 0 Å². The Morgan fingerprint density at radius 2 is 2.14 bits per heavy atom. The van der Waals surface area contributed by atoms with Crippen LogP contribution < -0.4 is 4.74 Å². The fourth-order valence-corrected chi connectivity index (χ4v) is 3.07. The minimum atomic E-state index is -0.571. The summed E-state index contributed by atoms with van der Waals surface area (Å²) < 4.78 is 16.6. The highest BCUT2D eigenvalue weighted by Gasteiger charge is 2.21.